The van der Waals surface area contributed by atoms with E-state index in [4.69, 9.17) is 22.7 Å². The van der Waals surface area contributed by atoms with Crippen molar-refractivity contribution in [3.63, 3.8) is 0 Å². The molecule has 1 aromatic rings. The Balaban J connectivity index is 2.59. The molecular weight excluding hydrogens is 244 g/mol. The number of rotatable bonds is 7. The highest BCUT2D eigenvalue weighted by atomic mass is 32.1. The number of thiocarbonyl (C=S) groups is 1. The minimum atomic E-state index is 0.453. The molecule has 100 valence electrons. The van der Waals surface area contributed by atoms with Crippen LogP contribution in [0.15, 0.2) is 18.2 Å². The van der Waals surface area contributed by atoms with Gasteiger partial charge in [-0.15, -0.1) is 0 Å². The fraction of sp³-hybridized carbons (Fsp3) is 0.500. The monoisotopic (exact) mass is 266 g/mol. The van der Waals surface area contributed by atoms with Gasteiger partial charge < -0.3 is 10.5 Å². The number of nitrogens with zero attached hydrogens (tertiary/aromatic N) is 1. The molecular formula is C14H22N2OS. The second-order valence-corrected chi connectivity index (χ2v) is 4.88. The van der Waals surface area contributed by atoms with Crippen LogP contribution in [0.5, 0.6) is 0 Å². The van der Waals surface area contributed by atoms with Gasteiger partial charge in [-0.25, -0.2) is 0 Å². The first-order chi connectivity index (χ1) is 8.54. The fourth-order valence-corrected chi connectivity index (χ4v) is 1.89. The van der Waals surface area contributed by atoms with Crippen molar-refractivity contribution in [2.24, 2.45) is 5.73 Å². The van der Waals surface area contributed by atoms with Crippen LogP contribution in [0.3, 0.4) is 0 Å². The molecule has 18 heavy (non-hydrogen) atoms. The molecule has 0 saturated carbocycles. The van der Waals surface area contributed by atoms with Crippen molar-refractivity contribution in [2.45, 2.75) is 20.4 Å². The van der Waals surface area contributed by atoms with Crippen LogP contribution in [0.25, 0.3) is 0 Å². The molecule has 0 atom stereocenters. The smallest absolute Gasteiger partial charge is 0.103 e. The van der Waals surface area contributed by atoms with Crippen molar-refractivity contribution in [1.29, 1.82) is 0 Å². The Labute approximate surface area is 115 Å². The van der Waals surface area contributed by atoms with Crippen molar-refractivity contribution in [3.05, 3.63) is 34.9 Å². The average Bonchev–Trinajstić information content (AvgIpc) is 2.32. The third kappa shape index (κ3) is 4.72. The summed E-state index contributed by atoms with van der Waals surface area (Å²) in [6, 6.07) is 6.14. The zero-order chi connectivity index (χ0) is 13.5. The van der Waals surface area contributed by atoms with Crippen LogP contribution in [-0.2, 0) is 11.3 Å². The van der Waals surface area contributed by atoms with Gasteiger partial charge in [-0.3, -0.25) is 4.90 Å². The van der Waals surface area contributed by atoms with Crippen LogP contribution in [0.2, 0.25) is 0 Å². The van der Waals surface area contributed by atoms with Crippen LogP contribution in [0.1, 0.15) is 23.6 Å². The van der Waals surface area contributed by atoms with E-state index < -0.39 is 0 Å². The molecule has 0 fully saturated rings. The third-order valence-corrected chi connectivity index (χ3v) is 3.12. The van der Waals surface area contributed by atoms with Crippen LogP contribution in [0.4, 0.5) is 0 Å². The lowest BCUT2D eigenvalue weighted by atomic mass is 10.0. The Bertz CT molecular complexity index is 407. The Morgan fingerprint density at radius 3 is 2.72 bits per heavy atom. The maximum Gasteiger partial charge on any atom is 0.103 e. The Morgan fingerprint density at radius 1 is 1.44 bits per heavy atom. The van der Waals surface area contributed by atoms with Gasteiger partial charge in [-0.1, -0.05) is 24.4 Å². The van der Waals surface area contributed by atoms with Gasteiger partial charge in [0, 0.05) is 25.3 Å². The first-order valence-corrected chi connectivity index (χ1v) is 6.61. The van der Waals surface area contributed by atoms with E-state index in [1.807, 2.05) is 19.1 Å². The lowest BCUT2D eigenvalue weighted by Gasteiger charge is -2.18. The quantitative estimate of drug-likeness (QED) is 0.606. The van der Waals surface area contributed by atoms with Gasteiger partial charge in [0.05, 0.1) is 6.61 Å². The number of ether oxygens (including phenoxy) is 1. The van der Waals surface area contributed by atoms with E-state index in [0.29, 0.717) is 4.99 Å². The van der Waals surface area contributed by atoms with E-state index in [-0.39, 0.29) is 0 Å². The molecule has 0 bridgehead atoms. The van der Waals surface area contributed by atoms with E-state index in [1.165, 1.54) is 11.1 Å². The lowest BCUT2D eigenvalue weighted by molar-refractivity contribution is 0.120. The summed E-state index contributed by atoms with van der Waals surface area (Å²) in [6.07, 6.45) is 0. The average molecular weight is 266 g/mol. The summed E-state index contributed by atoms with van der Waals surface area (Å²) in [5.41, 5.74) is 9.08. The first-order valence-electron chi connectivity index (χ1n) is 6.20. The van der Waals surface area contributed by atoms with Gasteiger partial charge in [0.1, 0.15) is 4.99 Å². The van der Waals surface area contributed by atoms with E-state index in [0.717, 1.165) is 31.9 Å². The molecule has 3 nitrogen and oxygen atoms in total. The van der Waals surface area contributed by atoms with Crippen molar-refractivity contribution in [2.75, 3.05) is 26.8 Å². The number of likely N-dealkylation sites (N-methyl/N-ethyl adjacent to an activating group) is 1. The van der Waals surface area contributed by atoms with E-state index >= 15 is 0 Å². The standard InChI is InChI=1S/C14H22N2OS/c1-4-17-8-7-16(3)10-13-6-5-12(14(15)18)9-11(13)2/h5-6,9H,4,7-8,10H2,1-3H3,(H2,15,18). The fourth-order valence-electron chi connectivity index (χ4n) is 1.76. The molecule has 0 radical (unpaired) electrons. The minimum absolute atomic E-state index is 0.453. The number of aryl methyl sites for hydroxylation is 1. The molecule has 2 N–H and O–H groups in total. The predicted octanol–water partition coefficient (Wildman–Crippen LogP) is 2.10. The number of hydrogen-bond donors (Lipinski definition) is 1. The first kappa shape index (κ1) is 15.1. The Morgan fingerprint density at radius 2 is 2.17 bits per heavy atom. The molecule has 0 heterocycles. The zero-order valence-corrected chi connectivity index (χ0v) is 12.2. The molecule has 0 aliphatic heterocycles. The number of benzene rings is 1. The third-order valence-electron chi connectivity index (χ3n) is 2.89. The van der Waals surface area contributed by atoms with Gasteiger partial charge in [0.25, 0.3) is 0 Å². The second-order valence-electron chi connectivity index (χ2n) is 4.44. The topological polar surface area (TPSA) is 38.5 Å². The van der Waals surface area contributed by atoms with Gasteiger partial charge >= 0.3 is 0 Å². The van der Waals surface area contributed by atoms with Gasteiger partial charge in [0.2, 0.25) is 0 Å². The molecule has 0 aromatic heterocycles. The maximum absolute atomic E-state index is 5.62. The van der Waals surface area contributed by atoms with Crippen LogP contribution >= 0.6 is 12.2 Å². The highest BCUT2D eigenvalue weighted by Gasteiger charge is 2.05. The maximum atomic E-state index is 5.62. The lowest BCUT2D eigenvalue weighted by Crippen LogP contribution is -2.23. The van der Waals surface area contributed by atoms with Crippen LogP contribution in [0, 0.1) is 6.92 Å². The van der Waals surface area contributed by atoms with Gasteiger partial charge in [-0.05, 0) is 38.1 Å². The normalized spacial score (nSPS) is 10.9. The van der Waals surface area contributed by atoms with Crippen LogP contribution in [-0.4, -0.2) is 36.7 Å². The predicted molar refractivity (Wildman–Crippen MR) is 79.9 cm³/mol. The highest BCUT2D eigenvalue weighted by molar-refractivity contribution is 7.80. The summed E-state index contributed by atoms with van der Waals surface area (Å²) in [4.78, 5) is 2.70. The summed E-state index contributed by atoms with van der Waals surface area (Å²) in [5.74, 6) is 0. The SMILES string of the molecule is CCOCCN(C)Cc1ccc(C(N)=S)cc1C. The Hall–Kier alpha value is -0.970. The molecule has 1 aromatic carbocycles. The number of nitrogens with two attached hydrogens (primary N) is 1. The number of hydrogen-bond acceptors (Lipinski definition) is 3. The second kappa shape index (κ2) is 7.46. The van der Waals surface area contributed by atoms with Crippen molar-refractivity contribution in [1.82, 2.24) is 4.90 Å². The van der Waals surface area contributed by atoms with Crippen molar-refractivity contribution < 1.29 is 4.74 Å². The van der Waals surface area contributed by atoms with E-state index in [2.05, 4.69) is 24.9 Å². The molecule has 0 saturated heterocycles. The Kier molecular flexibility index (Phi) is 6.25. The molecule has 0 unspecified atom stereocenters. The summed E-state index contributed by atoms with van der Waals surface area (Å²) in [7, 11) is 2.10. The molecule has 0 aliphatic rings. The van der Waals surface area contributed by atoms with Gasteiger partial charge in [-0.2, -0.15) is 0 Å². The minimum Gasteiger partial charge on any atom is -0.389 e. The molecule has 1 rings (SSSR count). The summed E-state index contributed by atoms with van der Waals surface area (Å²) in [5, 5.41) is 0. The molecule has 0 spiro atoms. The molecule has 0 aliphatic carbocycles. The summed E-state index contributed by atoms with van der Waals surface area (Å²) >= 11 is 4.97. The summed E-state index contributed by atoms with van der Waals surface area (Å²) < 4.78 is 5.35. The highest BCUT2D eigenvalue weighted by Crippen LogP contribution is 2.13. The van der Waals surface area contributed by atoms with Crippen molar-refractivity contribution in [3.8, 4) is 0 Å². The van der Waals surface area contributed by atoms with E-state index in [9.17, 15) is 0 Å². The van der Waals surface area contributed by atoms with Crippen molar-refractivity contribution >= 4 is 17.2 Å². The summed E-state index contributed by atoms with van der Waals surface area (Å²) in [6.45, 7) is 7.50. The largest absolute Gasteiger partial charge is 0.389 e. The van der Waals surface area contributed by atoms with E-state index in [1.54, 1.807) is 0 Å². The van der Waals surface area contributed by atoms with Gasteiger partial charge in [0.15, 0.2) is 0 Å². The molecule has 0 amide bonds. The zero-order valence-electron chi connectivity index (χ0n) is 11.4. The molecule has 4 heteroatoms. The van der Waals surface area contributed by atoms with Crippen LogP contribution < -0.4 is 5.73 Å².